The number of carbonyl (C=O) groups is 1. The molecule has 1 atom stereocenters. The lowest BCUT2D eigenvalue weighted by Gasteiger charge is -2.36. The van der Waals surface area contributed by atoms with E-state index in [4.69, 9.17) is 10.00 Å². The van der Waals surface area contributed by atoms with Gasteiger partial charge >= 0.3 is 12.6 Å². The van der Waals surface area contributed by atoms with Crippen LogP contribution in [0.2, 0.25) is 0 Å². The molecule has 2 aromatic heterocycles. The van der Waals surface area contributed by atoms with Crippen molar-refractivity contribution in [2.45, 2.75) is 25.6 Å². The number of hydrogen-bond donors (Lipinski definition) is 1. The van der Waals surface area contributed by atoms with Gasteiger partial charge in [0, 0.05) is 56.7 Å². The van der Waals surface area contributed by atoms with Crippen molar-refractivity contribution in [3.8, 4) is 22.9 Å². The maximum Gasteiger partial charge on any atom is 0.387 e. The van der Waals surface area contributed by atoms with Crippen molar-refractivity contribution in [1.82, 2.24) is 29.5 Å². The van der Waals surface area contributed by atoms with Crippen LogP contribution in [-0.4, -0.2) is 69.1 Å². The Hall–Kier alpha value is -4.99. The quantitative estimate of drug-likeness (QED) is 0.369. The molecule has 0 spiro atoms. The summed E-state index contributed by atoms with van der Waals surface area (Å²) in [5.41, 5.74) is 2.96. The maximum atomic E-state index is 13.1. The normalized spacial score (nSPS) is 16.7. The topological polar surface area (TPSA) is 121 Å². The third-order valence-corrected chi connectivity index (χ3v) is 7.59. The largest absolute Gasteiger partial charge is 0.434 e. The van der Waals surface area contributed by atoms with Gasteiger partial charge in [-0.1, -0.05) is 12.1 Å². The first kappa shape index (κ1) is 26.2. The van der Waals surface area contributed by atoms with Crippen molar-refractivity contribution >= 4 is 22.9 Å². The predicted molar refractivity (Wildman–Crippen MR) is 146 cm³/mol. The van der Waals surface area contributed by atoms with Crippen LogP contribution in [0.15, 0.2) is 53.6 Å². The average Bonchev–Trinajstić information content (AvgIpc) is 3.46. The molecule has 6 rings (SSSR count). The van der Waals surface area contributed by atoms with Crippen molar-refractivity contribution in [2.75, 3.05) is 31.1 Å². The number of carbonyl (C=O) groups excluding carboxylic acids is 1. The fraction of sp³-hybridized carbons (Fsp3) is 0.321. The second kappa shape index (κ2) is 10.5. The van der Waals surface area contributed by atoms with Gasteiger partial charge in [0.15, 0.2) is 0 Å². The summed E-state index contributed by atoms with van der Waals surface area (Å²) in [7, 11) is 1.61. The highest BCUT2D eigenvalue weighted by atomic mass is 19.3. The zero-order chi connectivity index (χ0) is 28.7. The molecule has 4 heterocycles. The fourth-order valence-corrected chi connectivity index (χ4v) is 5.49. The van der Waals surface area contributed by atoms with Gasteiger partial charge in [0.1, 0.15) is 5.75 Å². The SMILES string of the molecule is Cn1c(=O)c2ccc(-c3cnc(N4CCN5C(=O)NC[C@@H]5C4)nc3)cc2n1Cc1cc(CC#N)ccc1OC(F)F. The Balaban J connectivity index is 1.31. The molecule has 2 aromatic carbocycles. The number of halogens is 2. The van der Waals surface area contributed by atoms with Crippen molar-refractivity contribution in [3.63, 3.8) is 0 Å². The van der Waals surface area contributed by atoms with Gasteiger partial charge in [0.05, 0.1) is 36.0 Å². The molecule has 2 saturated heterocycles. The van der Waals surface area contributed by atoms with E-state index in [1.54, 1.807) is 42.3 Å². The lowest BCUT2D eigenvalue weighted by Crippen LogP contribution is -2.52. The number of alkyl halides is 2. The summed E-state index contributed by atoms with van der Waals surface area (Å²) in [5.74, 6) is 0.559. The van der Waals surface area contributed by atoms with E-state index in [9.17, 15) is 18.4 Å². The number of amides is 2. The minimum Gasteiger partial charge on any atom is -0.434 e. The summed E-state index contributed by atoms with van der Waals surface area (Å²) in [6, 6.07) is 12.1. The molecule has 0 aliphatic carbocycles. The zero-order valence-corrected chi connectivity index (χ0v) is 22.1. The Labute approximate surface area is 233 Å². The molecule has 2 amide bonds. The van der Waals surface area contributed by atoms with Crippen LogP contribution >= 0.6 is 0 Å². The highest BCUT2D eigenvalue weighted by Gasteiger charge is 2.36. The van der Waals surface area contributed by atoms with Crippen molar-refractivity contribution in [2.24, 2.45) is 7.05 Å². The Morgan fingerprint density at radius 2 is 1.93 bits per heavy atom. The number of nitrogens with one attached hydrogen (secondary N) is 1. The van der Waals surface area contributed by atoms with E-state index in [0.29, 0.717) is 54.2 Å². The highest BCUT2D eigenvalue weighted by Crippen LogP contribution is 2.28. The monoisotopic (exact) mass is 560 g/mol. The van der Waals surface area contributed by atoms with E-state index in [1.165, 1.54) is 10.7 Å². The highest BCUT2D eigenvalue weighted by molar-refractivity contribution is 5.84. The number of fused-ring (bicyclic) bond motifs is 2. The van der Waals surface area contributed by atoms with Gasteiger partial charge in [-0.3, -0.25) is 14.2 Å². The first-order valence-electron chi connectivity index (χ1n) is 13.1. The molecule has 1 N–H and O–H groups in total. The summed E-state index contributed by atoms with van der Waals surface area (Å²) in [6.07, 6.45) is 3.55. The van der Waals surface area contributed by atoms with Crippen molar-refractivity contribution in [3.05, 3.63) is 70.3 Å². The minimum atomic E-state index is -3.02. The first-order valence-corrected chi connectivity index (χ1v) is 13.1. The molecular formula is C28H26F2N8O3. The Morgan fingerprint density at radius 3 is 2.68 bits per heavy atom. The van der Waals surface area contributed by atoms with Gasteiger partial charge in [-0.05, 0) is 35.4 Å². The lowest BCUT2D eigenvalue weighted by molar-refractivity contribution is -0.0505. The number of rotatable bonds is 7. The molecule has 0 bridgehead atoms. The van der Waals surface area contributed by atoms with E-state index in [-0.39, 0.29) is 36.3 Å². The van der Waals surface area contributed by atoms with Crippen LogP contribution in [0.3, 0.4) is 0 Å². The second-order valence-electron chi connectivity index (χ2n) is 10.0. The van der Waals surface area contributed by atoms with E-state index >= 15 is 0 Å². The average molecular weight is 561 g/mol. The number of nitriles is 1. The molecule has 2 aliphatic rings. The van der Waals surface area contributed by atoms with Crippen LogP contribution in [-0.2, 0) is 20.0 Å². The molecule has 0 unspecified atom stereocenters. The number of piperazine rings is 1. The molecule has 11 nitrogen and oxygen atoms in total. The first-order chi connectivity index (χ1) is 19.8. The summed E-state index contributed by atoms with van der Waals surface area (Å²) < 4.78 is 34.1. The molecule has 2 fully saturated rings. The summed E-state index contributed by atoms with van der Waals surface area (Å²) in [4.78, 5) is 38.0. The number of anilines is 1. The Bertz CT molecular complexity index is 1730. The second-order valence-corrected chi connectivity index (χ2v) is 10.0. The van der Waals surface area contributed by atoms with Crippen LogP contribution in [0.1, 0.15) is 11.1 Å². The third kappa shape index (κ3) is 4.93. The Kier molecular flexibility index (Phi) is 6.74. The standard InChI is InChI=1S/C28H26F2N8O3/c1-35-25(39)22-4-3-18(20-12-32-27(33-13-20)36-8-9-37-21(16-36)14-34-28(37)40)11-23(22)38(35)15-19-10-17(6-7-31)2-5-24(19)41-26(29)30/h2-5,10-13,21,26H,6,8-9,14-16H2,1H3,(H,34,40)/t21-/m1/s1. The van der Waals surface area contributed by atoms with Crippen molar-refractivity contribution in [1.29, 1.82) is 5.26 Å². The number of hydrogen-bond acceptors (Lipinski definition) is 7. The molecule has 41 heavy (non-hydrogen) atoms. The molecule has 4 aromatic rings. The van der Waals surface area contributed by atoms with Crippen molar-refractivity contribution < 1.29 is 18.3 Å². The maximum absolute atomic E-state index is 13.1. The van der Waals surface area contributed by atoms with Crippen LogP contribution < -0.4 is 20.5 Å². The lowest BCUT2D eigenvalue weighted by atomic mass is 10.1. The van der Waals surface area contributed by atoms with E-state index in [0.717, 1.165) is 11.1 Å². The fourth-order valence-electron chi connectivity index (χ4n) is 5.49. The molecular weight excluding hydrogens is 534 g/mol. The van der Waals surface area contributed by atoms with Gasteiger partial charge in [0.2, 0.25) is 5.95 Å². The molecule has 0 saturated carbocycles. The van der Waals surface area contributed by atoms with E-state index in [2.05, 4.69) is 26.3 Å². The van der Waals surface area contributed by atoms with Crippen LogP contribution in [0.25, 0.3) is 22.0 Å². The van der Waals surface area contributed by atoms with Gasteiger partial charge in [-0.25, -0.2) is 14.8 Å². The smallest absolute Gasteiger partial charge is 0.387 e. The molecule has 13 heteroatoms. The van der Waals surface area contributed by atoms with E-state index in [1.807, 2.05) is 17.0 Å². The van der Waals surface area contributed by atoms with Gasteiger partial charge < -0.3 is 19.9 Å². The Morgan fingerprint density at radius 1 is 1.12 bits per heavy atom. The van der Waals surface area contributed by atoms with Gasteiger partial charge in [-0.15, -0.1) is 0 Å². The van der Waals surface area contributed by atoms with Gasteiger partial charge in [-0.2, -0.15) is 14.0 Å². The number of aromatic nitrogens is 4. The number of nitrogens with zero attached hydrogens (tertiary/aromatic N) is 7. The van der Waals surface area contributed by atoms with Crippen LogP contribution in [0.4, 0.5) is 19.5 Å². The summed E-state index contributed by atoms with van der Waals surface area (Å²) >= 11 is 0. The summed E-state index contributed by atoms with van der Waals surface area (Å²) in [5, 5.41) is 12.4. The molecule has 2 aliphatic heterocycles. The van der Waals surface area contributed by atoms with Gasteiger partial charge in [0.25, 0.3) is 5.56 Å². The van der Waals surface area contributed by atoms with Crippen LogP contribution in [0.5, 0.6) is 5.75 Å². The molecule has 0 radical (unpaired) electrons. The summed E-state index contributed by atoms with van der Waals surface area (Å²) in [6.45, 7) is -0.458. The minimum absolute atomic E-state index is 0.0188. The number of urea groups is 1. The number of ether oxygens (including phenoxy) is 1. The van der Waals surface area contributed by atoms with E-state index < -0.39 is 6.61 Å². The third-order valence-electron chi connectivity index (χ3n) is 7.59. The predicted octanol–water partition coefficient (Wildman–Crippen LogP) is 2.73. The zero-order valence-electron chi connectivity index (χ0n) is 22.1. The number of benzene rings is 2. The molecule has 210 valence electrons. The van der Waals surface area contributed by atoms with Crippen LogP contribution in [0, 0.1) is 11.3 Å².